The fourth-order valence-electron chi connectivity index (χ4n) is 1.95. The Labute approximate surface area is 173 Å². The van der Waals surface area contributed by atoms with Crippen LogP contribution in [0.15, 0.2) is 24.3 Å². The van der Waals surface area contributed by atoms with Gasteiger partial charge in [-0.15, -0.1) is 5.54 Å². The van der Waals surface area contributed by atoms with E-state index in [9.17, 15) is 4.79 Å². The fourth-order valence-corrected chi connectivity index (χ4v) is 3.45. The van der Waals surface area contributed by atoms with Gasteiger partial charge < -0.3 is 13.9 Å². The minimum atomic E-state index is -1.98. The van der Waals surface area contributed by atoms with Crippen molar-refractivity contribution >= 4 is 22.2 Å². The van der Waals surface area contributed by atoms with Crippen molar-refractivity contribution in [3.63, 3.8) is 0 Å². The van der Waals surface area contributed by atoms with Gasteiger partial charge in [-0.2, -0.15) is 0 Å². The summed E-state index contributed by atoms with van der Waals surface area (Å²) in [5, 5.41) is 0.0700. The SMILES string of the molecule is COc1ccc(CO[C@@H](CO[Si](C)(C)C(C)(C)C)C(=O)C#C[Si](C)(C)C)cc1. The van der Waals surface area contributed by atoms with Crippen molar-refractivity contribution in [2.45, 2.75) is 71.3 Å². The first-order valence-corrected chi connectivity index (χ1v) is 16.1. The summed E-state index contributed by atoms with van der Waals surface area (Å²) in [7, 11) is -1.98. The summed E-state index contributed by atoms with van der Waals surface area (Å²) in [6.07, 6.45) is -0.680. The van der Waals surface area contributed by atoms with Gasteiger partial charge >= 0.3 is 0 Å². The van der Waals surface area contributed by atoms with Gasteiger partial charge in [0.05, 0.1) is 20.3 Å². The van der Waals surface area contributed by atoms with E-state index in [1.165, 1.54) is 0 Å². The Hall–Kier alpha value is -1.40. The maximum Gasteiger partial charge on any atom is 0.235 e. The van der Waals surface area contributed by atoms with E-state index in [2.05, 4.69) is 65.0 Å². The second kappa shape index (κ2) is 9.88. The van der Waals surface area contributed by atoms with Gasteiger partial charge in [-0.05, 0) is 41.7 Å². The minimum Gasteiger partial charge on any atom is -0.497 e. The number of Topliss-reactive ketones (excluding diaryl/α,β-unsaturated/α-hetero) is 1. The molecule has 0 bridgehead atoms. The number of carbonyl (C=O) groups is 1. The van der Waals surface area contributed by atoms with E-state index in [1.807, 2.05) is 24.3 Å². The van der Waals surface area contributed by atoms with Crippen LogP contribution < -0.4 is 4.74 Å². The van der Waals surface area contributed by atoms with Gasteiger partial charge in [0.1, 0.15) is 13.8 Å². The molecule has 6 heteroatoms. The van der Waals surface area contributed by atoms with E-state index in [0.29, 0.717) is 6.61 Å². The number of benzene rings is 1. The summed E-state index contributed by atoms with van der Waals surface area (Å²) in [6.45, 7) is 17.8. The Bertz CT molecular complexity index is 701. The van der Waals surface area contributed by atoms with Crippen molar-refractivity contribution < 1.29 is 18.7 Å². The van der Waals surface area contributed by atoms with Gasteiger partial charge in [0, 0.05) is 0 Å². The van der Waals surface area contributed by atoms with Gasteiger partial charge in [0.2, 0.25) is 5.78 Å². The molecule has 1 rings (SSSR count). The van der Waals surface area contributed by atoms with Crippen molar-refractivity contribution in [1.82, 2.24) is 0 Å². The van der Waals surface area contributed by atoms with Crippen molar-refractivity contribution in [3.8, 4) is 17.2 Å². The van der Waals surface area contributed by atoms with Gasteiger partial charge in [-0.25, -0.2) is 0 Å². The molecule has 0 aliphatic heterocycles. The molecule has 0 heterocycles. The molecule has 1 aromatic rings. The Balaban J connectivity index is 2.89. The molecule has 0 unspecified atom stereocenters. The molecule has 0 saturated carbocycles. The number of ether oxygens (including phenoxy) is 2. The quantitative estimate of drug-likeness (QED) is 0.436. The Kier molecular flexibility index (Phi) is 8.70. The minimum absolute atomic E-state index is 0.0700. The summed E-state index contributed by atoms with van der Waals surface area (Å²) in [5.74, 6) is 3.41. The van der Waals surface area contributed by atoms with E-state index in [0.717, 1.165) is 11.3 Å². The zero-order valence-electron chi connectivity index (χ0n) is 18.9. The van der Waals surface area contributed by atoms with Crippen molar-refractivity contribution in [3.05, 3.63) is 29.8 Å². The number of carbonyl (C=O) groups excluding carboxylic acids is 1. The molecule has 28 heavy (non-hydrogen) atoms. The van der Waals surface area contributed by atoms with Crippen molar-refractivity contribution in [1.29, 1.82) is 0 Å². The predicted octanol–water partition coefficient (Wildman–Crippen LogP) is 5.05. The van der Waals surface area contributed by atoms with E-state index in [4.69, 9.17) is 13.9 Å². The third kappa shape index (κ3) is 8.31. The summed E-state index contributed by atoms with van der Waals surface area (Å²) < 4.78 is 17.4. The van der Waals surface area contributed by atoms with Crippen LogP contribution in [0.25, 0.3) is 0 Å². The van der Waals surface area contributed by atoms with Crippen LogP contribution in [0.3, 0.4) is 0 Å². The molecule has 0 spiro atoms. The molecule has 0 radical (unpaired) electrons. The van der Waals surface area contributed by atoms with Crippen molar-refractivity contribution in [2.24, 2.45) is 0 Å². The molecule has 0 aliphatic rings. The summed E-state index contributed by atoms with van der Waals surface area (Å²) in [6, 6.07) is 7.63. The molecule has 0 aromatic heterocycles. The first-order valence-electron chi connectivity index (χ1n) is 9.71. The average Bonchev–Trinajstić information content (AvgIpc) is 2.58. The summed E-state index contributed by atoms with van der Waals surface area (Å²) in [5.41, 5.74) is 4.12. The number of hydrogen-bond donors (Lipinski definition) is 0. The topological polar surface area (TPSA) is 44.8 Å². The molecule has 156 valence electrons. The highest BCUT2D eigenvalue weighted by molar-refractivity contribution is 6.84. The standard InChI is InChI=1S/C22H36O4Si2/c1-22(2,3)28(8,9)26-17-21(20(23)14-15-27(5,6)7)25-16-18-10-12-19(24-4)13-11-18/h10-13,21H,16-17H2,1-9H3/t21-/m0/s1. The van der Waals surface area contributed by atoms with Crippen LogP contribution in [0.1, 0.15) is 26.3 Å². The van der Waals surface area contributed by atoms with Gasteiger partial charge in [-0.1, -0.05) is 52.5 Å². The third-order valence-electron chi connectivity index (χ3n) is 4.87. The molecular weight excluding hydrogens is 384 g/mol. The molecule has 1 atom stereocenters. The average molecular weight is 421 g/mol. The van der Waals surface area contributed by atoms with Crippen LogP contribution in [0.5, 0.6) is 5.75 Å². The Morgan fingerprint density at radius 2 is 1.64 bits per heavy atom. The normalized spacial score (nSPS) is 13.5. The molecule has 4 nitrogen and oxygen atoms in total. The van der Waals surface area contributed by atoms with Crippen LogP contribution in [0.2, 0.25) is 37.8 Å². The van der Waals surface area contributed by atoms with E-state index in [-0.39, 0.29) is 17.4 Å². The number of methoxy groups -OCH3 is 1. The fraction of sp³-hybridized carbons (Fsp3) is 0.591. The maximum atomic E-state index is 12.7. The van der Waals surface area contributed by atoms with Gasteiger partial charge in [0.25, 0.3) is 0 Å². The van der Waals surface area contributed by atoms with Crippen molar-refractivity contribution in [2.75, 3.05) is 13.7 Å². The number of ketones is 1. The van der Waals surface area contributed by atoms with Gasteiger partial charge in [-0.3, -0.25) is 4.79 Å². The van der Waals surface area contributed by atoms with Crippen LogP contribution in [0.4, 0.5) is 0 Å². The monoisotopic (exact) mass is 420 g/mol. The van der Waals surface area contributed by atoms with E-state index < -0.39 is 22.5 Å². The highest BCUT2D eigenvalue weighted by Gasteiger charge is 2.38. The Morgan fingerprint density at radius 1 is 1.07 bits per heavy atom. The number of hydrogen-bond acceptors (Lipinski definition) is 4. The molecule has 0 fully saturated rings. The lowest BCUT2D eigenvalue weighted by atomic mass is 10.2. The lowest BCUT2D eigenvalue weighted by Gasteiger charge is -2.36. The van der Waals surface area contributed by atoms with Crippen LogP contribution in [0, 0.1) is 11.5 Å². The highest BCUT2D eigenvalue weighted by Crippen LogP contribution is 2.36. The summed E-state index contributed by atoms with van der Waals surface area (Å²) >= 11 is 0. The number of rotatable bonds is 8. The maximum absolute atomic E-state index is 12.7. The zero-order valence-corrected chi connectivity index (χ0v) is 20.9. The molecule has 0 saturated heterocycles. The highest BCUT2D eigenvalue weighted by atomic mass is 28.4. The lowest BCUT2D eigenvalue weighted by molar-refractivity contribution is -0.127. The Morgan fingerprint density at radius 3 is 2.11 bits per heavy atom. The van der Waals surface area contributed by atoms with Crippen LogP contribution >= 0.6 is 0 Å². The third-order valence-corrected chi connectivity index (χ3v) is 10.2. The smallest absolute Gasteiger partial charge is 0.235 e. The lowest BCUT2D eigenvalue weighted by Crippen LogP contribution is -2.44. The van der Waals surface area contributed by atoms with E-state index in [1.54, 1.807) is 7.11 Å². The second-order valence-corrected chi connectivity index (χ2v) is 19.1. The predicted molar refractivity (Wildman–Crippen MR) is 121 cm³/mol. The van der Waals surface area contributed by atoms with Crippen LogP contribution in [-0.2, 0) is 20.6 Å². The molecule has 0 N–H and O–H groups in total. The second-order valence-electron chi connectivity index (χ2n) is 9.58. The first kappa shape index (κ1) is 24.6. The zero-order chi connectivity index (χ0) is 21.6. The molecule has 0 amide bonds. The van der Waals surface area contributed by atoms with Gasteiger partial charge in [0.15, 0.2) is 14.4 Å². The van der Waals surface area contributed by atoms with Crippen LogP contribution in [-0.4, -0.2) is 42.0 Å². The molecule has 0 aliphatic carbocycles. The van der Waals surface area contributed by atoms with E-state index >= 15 is 0 Å². The molecule has 1 aromatic carbocycles. The molecular formula is C22H36O4Si2. The largest absolute Gasteiger partial charge is 0.497 e. The summed E-state index contributed by atoms with van der Waals surface area (Å²) in [4.78, 5) is 12.7. The first-order chi connectivity index (χ1) is 12.7.